The van der Waals surface area contributed by atoms with E-state index >= 15 is 0 Å². The minimum Gasteiger partial charge on any atom is -0.388 e. The van der Waals surface area contributed by atoms with Crippen LogP contribution in [0.15, 0.2) is 40.0 Å². The molecule has 0 bridgehead atoms. The van der Waals surface area contributed by atoms with Gasteiger partial charge < -0.3 is 5.11 Å². The number of benzene rings is 1. The van der Waals surface area contributed by atoms with Crippen molar-refractivity contribution in [3.8, 4) is 0 Å². The van der Waals surface area contributed by atoms with Crippen LogP contribution >= 0.6 is 15.9 Å². The summed E-state index contributed by atoms with van der Waals surface area (Å²) in [5.41, 5.74) is 6.71. The third-order valence-corrected chi connectivity index (χ3v) is 3.73. The van der Waals surface area contributed by atoms with E-state index in [1.54, 1.807) is 0 Å². The van der Waals surface area contributed by atoms with Crippen molar-refractivity contribution < 1.29 is 5.11 Å². The van der Waals surface area contributed by atoms with Crippen LogP contribution in [0.2, 0.25) is 0 Å². The summed E-state index contributed by atoms with van der Waals surface area (Å²) in [5.74, 6) is 0. The maximum atomic E-state index is 9.89. The highest BCUT2D eigenvalue weighted by molar-refractivity contribution is 9.10. The van der Waals surface area contributed by atoms with E-state index in [-0.39, 0.29) is 6.10 Å². The molecule has 0 unspecified atom stereocenters. The van der Waals surface area contributed by atoms with Gasteiger partial charge in [0, 0.05) is 10.0 Å². The van der Waals surface area contributed by atoms with Crippen LogP contribution in [0.3, 0.4) is 0 Å². The standard InChI is InChI=1S/C15H17BrO/c1-11(12-6-8-14(16)9-7-12)10-13-4-2-3-5-15(13)17/h6-9,15,17H,2-5H2,1H3/t10?,15-/m0/s1. The van der Waals surface area contributed by atoms with Crippen molar-refractivity contribution in [2.24, 2.45) is 0 Å². The van der Waals surface area contributed by atoms with Gasteiger partial charge in [-0.15, -0.1) is 5.73 Å². The van der Waals surface area contributed by atoms with Gasteiger partial charge in [0.2, 0.25) is 0 Å². The normalized spacial score (nSPS) is 19.9. The van der Waals surface area contributed by atoms with Gasteiger partial charge in [0.25, 0.3) is 0 Å². The molecule has 0 radical (unpaired) electrons. The van der Waals surface area contributed by atoms with Crippen molar-refractivity contribution in [1.29, 1.82) is 0 Å². The molecule has 1 aromatic rings. The Bertz CT molecular complexity index is 452. The predicted octanol–water partition coefficient (Wildman–Crippen LogP) is 4.31. The van der Waals surface area contributed by atoms with Crippen LogP contribution in [0, 0.1) is 0 Å². The van der Waals surface area contributed by atoms with E-state index in [1.165, 1.54) is 12.0 Å². The molecule has 0 amide bonds. The van der Waals surface area contributed by atoms with Gasteiger partial charge in [-0.2, -0.15) is 0 Å². The molecule has 0 spiro atoms. The van der Waals surface area contributed by atoms with Crippen molar-refractivity contribution in [3.63, 3.8) is 0 Å². The number of aliphatic hydroxyl groups is 1. The van der Waals surface area contributed by atoms with Gasteiger partial charge in [-0.3, -0.25) is 0 Å². The number of aliphatic hydroxyl groups excluding tert-OH is 1. The molecule has 1 aromatic carbocycles. The van der Waals surface area contributed by atoms with Crippen molar-refractivity contribution >= 4 is 21.5 Å². The molecule has 90 valence electrons. The van der Waals surface area contributed by atoms with Crippen LogP contribution in [-0.4, -0.2) is 11.2 Å². The molecule has 2 heteroatoms. The molecule has 2 rings (SSSR count). The molecule has 1 aliphatic carbocycles. The maximum absolute atomic E-state index is 9.89. The first-order valence-corrected chi connectivity index (χ1v) is 6.86. The van der Waals surface area contributed by atoms with E-state index in [1.807, 2.05) is 12.1 Å². The Morgan fingerprint density at radius 2 is 2.00 bits per heavy atom. The molecule has 0 saturated heterocycles. The van der Waals surface area contributed by atoms with Crippen molar-refractivity contribution in [1.82, 2.24) is 0 Å². The Labute approximate surface area is 111 Å². The molecule has 0 aromatic heterocycles. The third-order valence-electron chi connectivity index (χ3n) is 3.20. The van der Waals surface area contributed by atoms with E-state index in [4.69, 9.17) is 0 Å². The van der Waals surface area contributed by atoms with Gasteiger partial charge in [0.1, 0.15) is 0 Å². The van der Waals surface area contributed by atoms with E-state index in [9.17, 15) is 5.11 Å². The smallest absolute Gasteiger partial charge is 0.0823 e. The molecular formula is C15H17BrO. The lowest BCUT2D eigenvalue weighted by Gasteiger charge is -2.18. The highest BCUT2D eigenvalue weighted by Gasteiger charge is 2.15. The van der Waals surface area contributed by atoms with Gasteiger partial charge in [-0.25, -0.2) is 0 Å². The second-order valence-corrected chi connectivity index (χ2v) is 5.46. The van der Waals surface area contributed by atoms with Crippen LogP contribution < -0.4 is 0 Å². The Kier molecular flexibility index (Phi) is 4.22. The fourth-order valence-corrected chi connectivity index (χ4v) is 2.42. The largest absolute Gasteiger partial charge is 0.388 e. The van der Waals surface area contributed by atoms with Crippen LogP contribution in [0.25, 0.3) is 5.57 Å². The lowest BCUT2D eigenvalue weighted by atomic mass is 9.92. The quantitative estimate of drug-likeness (QED) is 0.765. The van der Waals surface area contributed by atoms with Crippen molar-refractivity contribution in [2.45, 2.75) is 38.7 Å². The predicted molar refractivity (Wildman–Crippen MR) is 74.7 cm³/mol. The molecule has 0 aliphatic heterocycles. The zero-order chi connectivity index (χ0) is 12.3. The first-order valence-electron chi connectivity index (χ1n) is 6.07. The number of hydrogen-bond donors (Lipinski definition) is 1. The van der Waals surface area contributed by atoms with Crippen LogP contribution in [-0.2, 0) is 0 Å². The first kappa shape index (κ1) is 12.6. The van der Waals surface area contributed by atoms with E-state index < -0.39 is 0 Å². The molecule has 0 heterocycles. The minimum atomic E-state index is -0.283. The van der Waals surface area contributed by atoms with Crippen LogP contribution in [0.1, 0.15) is 38.2 Å². The van der Waals surface area contributed by atoms with Crippen LogP contribution in [0.5, 0.6) is 0 Å². The third kappa shape index (κ3) is 3.32. The molecule has 1 N–H and O–H groups in total. The van der Waals surface area contributed by atoms with Gasteiger partial charge in [0.15, 0.2) is 0 Å². The fourth-order valence-electron chi connectivity index (χ4n) is 2.15. The van der Waals surface area contributed by atoms with Gasteiger partial charge in [-0.1, -0.05) is 34.5 Å². The molecule has 1 fully saturated rings. The first-order chi connectivity index (χ1) is 8.16. The summed E-state index contributed by atoms with van der Waals surface area (Å²) < 4.78 is 1.08. The summed E-state index contributed by atoms with van der Waals surface area (Å²) in [6.07, 6.45) is 3.89. The van der Waals surface area contributed by atoms with E-state index in [0.29, 0.717) is 0 Å². The zero-order valence-corrected chi connectivity index (χ0v) is 11.6. The maximum Gasteiger partial charge on any atom is 0.0823 e. The minimum absolute atomic E-state index is 0.283. The Morgan fingerprint density at radius 1 is 1.29 bits per heavy atom. The molecule has 1 nitrogen and oxygen atoms in total. The number of rotatable bonds is 1. The lowest BCUT2D eigenvalue weighted by Crippen LogP contribution is -2.14. The summed E-state index contributed by atoms with van der Waals surface area (Å²) in [6, 6.07) is 8.20. The highest BCUT2D eigenvalue weighted by atomic mass is 79.9. The Morgan fingerprint density at radius 3 is 2.65 bits per heavy atom. The highest BCUT2D eigenvalue weighted by Crippen LogP contribution is 2.24. The van der Waals surface area contributed by atoms with Gasteiger partial charge in [-0.05, 0) is 49.5 Å². The molecule has 1 atom stereocenters. The monoisotopic (exact) mass is 292 g/mol. The van der Waals surface area contributed by atoms with Crippen LogP contribution in [0.4, 0.5) is 0 Å². The number of hydrogen-bond acceptors (Lipinski definition) is 1. The lowest BCUT2D eigenvalue weighted by molar-refractivity contribution is 0.179. The summed E-state index contributed by atoms with van der Waals surface area (Å²) in [4.78, 5) is 0. The fraction of sp³-hybridized carbons (Fsp3) is 0.400. The molecule has 1 aliphatic rings. The molecule has 17 heavy (non-hydrogen) atoms. The zero-order valence-electron chi connectivity index (χ0n) is 10.0. The summed E-state index contributed by atoms with van der Waals surface area (Å²) in [6.45, 7) is 2.05. The van der Waals surface area contributed by atoms with Gasteiger partial charge in [0.05, 0.1) is 6.10 Å². The van der Waals surface area contributed by atoms with E-state index in [0.717, 1.165) is 34.9 Å². The summed E-state index contributed by atoms with van der Waals surface area (Å²) >= 11 is 3.43. The average molecular weight is 293 g/mol. The second kappa shape index (κ2) is 5.68. The van der Waals surface area contributed by atoms with Crippen molar-refractivity contribution in [3.05, 3.63) is 45.6 Å². The van der Waals surface area contributed by atoms with E-state index in [2.05, 4.69) is 40.7 Å². The molecular weight excluding hydrogens is 276 g/mol. The summed E-state index contributed by atoms with van der Waals surface area (Å²) in [7, 11) is 0. The second-order valence-electron chi connectivity index (χ2n) is 4.54. The van der Waals surface area contributed by atoms with Crippen molar-refractivity contribution in [2.75, 3.05) is 0 Å². The average Bonchev–Trinajstić information content (AvgIpc) is 2.33. The molecule has 1 saturated carbocycles. The summed E-state index contributed by atoms with van der Waals surface area (Å²) in [5, 5.41) is 9.89. The Balaban J connectivity index is 2.31. The topological polar surface area (TPSA) is 20.2 Å². The Hall–Kier alpha value is -0.820. The SMILES string of the molecule is CC(=C=C1CCCC[C@@H]1O)c1ccc(Br)cc1. The van der Waals surface area contributed by atoms with Gasteiger partial charge >= 0.3 is 0 Å². The number of halogens is 1.